The van der Waals surface area contributed by atoms with Crippen LogP contribution in [0.5, 0.6) is 5.75 Å². The van der Waals surface area contributed by atoms with E-state index in [2.05, 4.69) is 5.32 Å². The molecule has 2 aromatic rings. The number of halogens is 3. The molecule has 0 aliphatic carbocycles. The topological polar surface area (TPSA) is 125 Å². The van der Waals surface area contributed by atoms with Gasteiger partial charge in [0.05, 0.1) is 21.1 Å². The summed E-state index contributed by atoms with van der Waals surface area (Å²) in [6.07, 6.45) is -4.71. The SMILES string of the molecule is NC(=O)COc1ccc(NC(=O)CSc2ccc(C(F)(F)F)cc2[N+](=O)[O-])cc1. The number of primary amides is 1. The Hall–Kier alpha value is -3.28. The molecule has 3 N–H and O–H groups in total. The van der Waals surface area contributed by atoms with Crippen molar-refractivity contribution in [1.82, 2.24) is 0 Å². The van der Waals surface area contributed by atoms with Crippen molar-refractivity contribution in [2.24, 2.45) is 5.73 Å². The van der Waals surface area contributed by atoms with Gasteiger partial charge in [-0.25, -0.2) is 0 Å². The minimum atomic E-state index is -4.71. The molecular formula is C17H14F3N3O5S. The number of amides is 2. The van der Waals surface area contributed by atoms with Crippen LogP contribution < -0.4 is 15.8 Å². The zero-order valence-corrected chi connectivity index (χ0v) is 15.4. The molecular weight excluding hydrogens is 415 g/mol. The molecule has 0 heterocycles. The maximum absolute atomic E-state index is 12.7. The number of thioether (sulfide) groups is 1. The van der Waals surface area contributed by atoms with Crippen molar-refractivity contribution in [3.8, 4) is 5.75 Å². The molecule has 0 saturated heterocycles. The smallest absolute Gasteiger partial charge is 0.416 e. The first-order valence-electron chi connectivity index (χ1n) is 7.85. The lowest BCUT2D eigenvalue weighted by Gasteiger charge is -2.09. The Morgan fingerprint density at radius 2 is 1.83 bits per heavy atom. The van der Waals surface area contributed by atoms with E-state index in [9.17, 15) is 32.9 Å². The quantitative estimate of drug-likeness (QED) is 0.377. The molecule has 2 rings (SSSR count). The second-order valence-corrected chi connectivity index (χ2v) is 6.57. The van der Waals surface area contributed by atoms with E-state index in [1.807, 2.05) is 0 Å². The average Bonchev–Trinajstić information content (AvgIpc) is 2.64. The van der Waals surface area contributed by atoms with Crippen LogP contribution >= 0.6 is 11.8 Å². The molecule has 0 saturated carbocycles. The molecule has 0 unspecified atom stereocenters. The first-order valence-corrected chi connectivity index (χ1v) is 8.84. The molecule has 0 aromatic heterocycles. The summed E-state index contributed by atoms with van der Waals surface area (Å²) in [5, 5.41) is 13.6. The molecule has 29 heavy (non-hydrogen) atoms. The van der Waals surface area contributed by atoms with Crippen LogP contribution in [0.2, 0.25) is 0 Å². The Morgan fingerprint density at radius 1 is 1.17 bits per heavy atom. The molecule has 0 atom stereocenters. The van der Waals surface area contributed by atoms with Crippen LogP contribution in [-0.4, -0.2) is 29.1 Å². The third-order valence-corrected chi connectivity index (χ3v) is 4.42. The van der Waals surface area contributed by atoms with Gasteiger partial charge in [0, 0.05) is 11.8 Å². The predicted molar refractivity (Wildman–Crippen MR) is 98.6 cm³/mol. The van der Waals surface area contributed by atoms with Gasteiger partial charge in [0.25, 0.3) is 11.6 Å². The number of nitro benzene ring substituents is 1. The Kier molecular flexibility index (Phi) is 7.04. The monoisotopic (exact) mass is 429 g/mol. The van der Waals surface area contributed by atoms with E-state index in [0.717, 1.165) is 23.9 Å². The number of benzene rings is 2. The fourth-order valence-corrected chi connectivity index (χ4v) is 2.89. The van der Waals surface area contributed by atoms with Gasteiger partial charge in [0.2, 0.25) is 5.91 Å². The number of nitro groups is 1. The third kappa shape index (κ3) is 6.68. The maximum atomic E-state index is 12.7. The molecule has 0 aliphatic rings. The van der Waals surface area contributed by atoms with E-state index in [0.29, 0.717) is 17.5 Å². The zero-order chi connectivity index (χ0) is 21.6. The van der Waals surface area contributed by atoms with Crippen LogP contribution in [0.3, 0.4) is 0 Å². The van der Waals surface area contributed by atoms with E-state index in [4.69, 9.17) is 10.5 Å². The van der Waals surface area contributed by atoms with Crippen LogP contribution in [-0.2, 0) is 15.8 Å². The van der Waals surface area contributed by atoms with Crippen molar-refractivity contribution in [3.05, 3.63) is 58.1 Å². The van der Waals surface area contributed by atoms with Crippen LogP contribution in [0, 0.1) is 10.1 Å². The first kappa shape index (κ1) is 22.0. The summed E-state index contributed by atoms with van der Waals surface area (Å²) in [6.45, 7) is -0.297. The van der Waals surface area contributed by atoms with Crippen LogP contribution in [0.25, 0.3) is 0 Å². The lowest BCUT2D eigenvalue weighted by Crippen LogP contribution is -2.20. The molecule has 0 fully saturated rings. The van der Waals surface area contributed by atoms with E-state index in [1.54, 1.807) is 0 Å². The molecule has 0 radical (unpaired) electrons. The van der Waals surface area contributed by atoms with E-state index >= 15 is 0 Å². The Bertz CT molecular complexity index is 920. The molecule has 0 bridgehead atoms. The second kappa shape index (κ2) is 9.28. The maximum Gasteiger partial charge on any atom is 0.416 e. The lowest BCUT2D eigenvalue weighted by atomic mass is 10.2. The second-order valence-electron chi connectivity index (χ2n) is 5.55. The highest BCUT2D eigenvalue weighted by atomic mass is 32.2. The van der Waals surface area contributed by atoms with Gasteiger partial charge in [-0.15, -0.1) is 11.8 Å². The molecule has 0 spiro atoms. The number of nitrogens with zero attached hydrogens (tertiary/aromatic N) is 1. The highest BCUT2D eigenvalue weighted by Crippen LogP contribution is 2.36. The largest absolute Gasteiger partial charge is 0.484 e. The van der Waals surface area contributed by atoms with Crippen molar-refractivity contribution in [3.63, 3.8) is 0 Å². The number of nitrogens with one attached hydrogen (secondary N) is 1. The number of hydrogen-bond donors (Lipinski definition) is 2. The van der Waals surface area contributed by atoms with Crippen molar-refractivity contribution in [1.29, 1.82) is 0 Å². The summed E-state index contributed by atoms with van der Waals surface area (Å²) in [6, 6.07) is 8.10. The Morgan fingerprint density at radius 3 is 2.38 bits per heavy atom. The summed E-state index contributed by atoms with van der Waals surface area (Å²) in [7, 11) is 0. The first-order chi connectivity index (χ1) is 13.6. The van der Waals surface area contributed by atoms with Crippen molar-refractivity contribution >= 4 is 35.0 Å². The van der Waals surface area contributed by atoms with Crippen LogP contribution in [0.1, 0.15) is 5.56 Å². The fourth-order valence-electron chi connectivity index (χ4n) is 2.09. The standard InChI is InChI=1S/C17H14F3N3O5S/c18-17(19,20)10-1-6-14(13(7-10)23(26)27)29-9-16(25)22-11-2-4-12(5-3-11)28-8-15(21)24/h1-7H,8-9H2,(H2,21,24)(H,22,25). The number of carbonyl (C=O) groups is 2. The van der Waals surface area contributed by atoms with Crippen molar-refractivity contribution in [2.75, 3.05) is 17.7 Å². The minimum absolute atomic E-state index is 0.0617. The fraction of sp³-hybridized carbons (Fsp3) is 0.176. The Balaban J connectivity index is 1.98. The number of alkyl halides is 3. The van der Waals surface area contributed by atoms with Crippen molar-refractivity contribution in [2.45, 2.75) is 11.1 Å². The van der Waals surface area contributed by atoms with Gasteiger partial charge < -0.3 is 15.8 Å². The van der Waals surface area contributed by atoms with Gasteiger partial charge in [-0.05, 0) is 36.4 Å². The number of nitrogens with two attached hydrogens (primary N) is 1. The van der Waals surface area contributed by atoms with Crippen LogP contribution in [0.15, 0.2) is 47.4 Å². The number of hydrogen-bond acceptors (Lipinski definition) is 6. The number of rotatable bonds is 8. The molecule has 0 aliphatic heterocycles. The van der Waals surface area contributed by atoms with Crippen molar-refractivity contribution < 1.29 is 32.4 Å². The van der Waals surface area contributed by atoms with Crippen LogP contribution in [0.4, 0.5) is 24.5 Å². The number of anilines is 1. The van der Waals surface area contributed by atoms with Gasteiger partial charge >= 0.3 is 6.18 Å². The predicted octanol–water partition coefficient (Wildman–Crippen LogP) is 3.21. The van der Waals surface area contributed by atoms with E-state index < -0.39 is 34.2 Å². The Labute approximate surface area is 166 Å². The lowest BCUT2D eigenvalue weighted by molar-refractivity contribution is -0.388. The van der Waals surface area contributed by atoms with Gasteiger partial charge in [-0.3, -0.25) is 19.7 Å². The van der Waals surface area contributed by atoms with Gasteiger partial charge in [0.1, 0.15) is 5.75 Å². The van der Waals surface area contributed by atoms with Gasteiger partial charge in [-0.2, -0.15) is 13.2 Å². The normalized spacial score (nSPS) is 11.0. The molecule has 8 nitrogen and oxygen atoms in total. The minimum Gasteiger partial charge on any atom is -0.484 e. The summed E-state index contributed by atoms with van der Waals surface area (Å²) in [5.41, 5.74) is 3.48. The number of ether oxygens (including phenoxy) is 1. The van der Waals surface area contributed by atoms with E-state index in [-0.39, 0.29) is 17.3 Å². The summed E-state index contributed by atoms with van der Waals surface area (Å²) in [4.78, 5) is 32.7. The molecule has 2 amide bonds. The molecule has 2 aromatic carbocycles. The van der Waals surface area contributed by atoms with Gasteiger partial charge in [0.15, 0.2) is 6.61 Å². The third-order valence-electron chi connectivity index (χ3n) is 3.36. The summed E-state index contributed by atoms with van der Waals surface area (Å²) in [5.74, 6) is -1.06. The average molecular weight is 429 g/mol. The van der Waals surface area contributed by atoms with E-state index in [1.165, 1.54) is 24.3 Å². The summed E-state index contributed by atoms with van der Waals surface area (Å²) < 4.78 is 43.2. The highest BCUT2D eigenvalue weighted by Gasteiger charge is 2.33. The number of carbonyl (C=O) groups excluding carboxylic acids is 2. The highest BCUT2D eigenvalue weighted by molar-refractivity contribution is 8.00. The summed E-state index contributed by atoms with van der Waals surface area (Å²) >= 11 is 0.739. The molecule has 12 heteroatoms. The molecule has 154 valence electrons. The zero-order valence-electron chi connectivity index (χ0n) is 14.6. The van der Waals surface area contributed by atoms with Gasteiger partial charge in [-0.1, -0.05) is 0 Å².